The Balaban J connectivity index is 2.12. The molecule has 0 bridgehead atoms. The van der Waals surface area contributed by atoms with Gasteiger partial charge >= 0.3 is 0 Å². The molecular formula is C13H18N4. The van der Waals surface area contributed by atoms with E-state index in [9.17, 15) is 0 Å². The molecule has 0 aliphatic carbocycles. The highest BCUT2D eigenvalue weighted by Crippen LogP contribution is 2.14. The van der Waals surface area contributed by atoms with Crippen molar-refractivity contribution in [3.05, 3.63) is 36.4 Å². The lowest BCUT2D eigenvalue weighted by Gasteiger charge is -2.17. The Labute approximate surface area is 101 Å². The predicted molar refractivity (Wildman–Crippen MR) is 68.4 cm³/mol. The van der Waals surface area contributed by atoms with Crippen LogP contribution in [-0.4, -0.2) is 20.5 Å². The van der Waals surface area contributed by atoms with Gasteiger partial charge in [-0.15, -0.1) is 0 Å². The van der Waals surface area contributed by atoms with Gasteiger partial charge in [-0.05, 0) is 38.5 Å². The first-order valence-electron chi connectivity index (χ1n) is 5.79. The van der Waals surface area contributed by atoms with Gasteiger partial charge in [0.2, 0.25) is 0 Å². The van der Waals surface area contributed by atoms with Gasteiger partial charge in [-0.3, -0.25) is 0 Å². The van der Waals surface area contributed by atoms with Crippen molar-refractivity contribution in [3.63, 3.8) is 0 Å². The maximum absolute atomic E-state index is 5.95. The summed E-state index contributed by atoms with van der Waals surface area (Å²) >= 11 is 0. The molecule has 0 atom stereocenters. The molecule has 0 saturated heterocycles. The van der Waals surface area contributed by atoms with Gasteiger partial charge in [0.05, 0.1) is 11.4 Å². The van der Waals surface area contributed by atoms with E-state index in [0.717, 1.165) is 30.1 Å². The number of nitrogens with one attached hydrogen (secondary N) is 1. The number of aromatic amines is 1. The molecule has 0 aliphatic heterocycles. The zero-order valence-corrected chi connectivity index (χ0v) is 10.3. The van der Waals surface area contributed by atoms with Crippen molar-refractivity contribution in [3.8, 4) is 11.4 Å². The van der Waals surface area contributed by atoms with E-state index in [-0.39, 0.29) is 5.54 Å². The highest BCUT2D eigenvalue weighted by molar-refractivity contribution is 5.53. The molecule has 3 N–H and O–H groups in total. The van der Waals surface area contributed by atoms with Crippen LogP contribution in [0.3, 0.4) is 0 Å². The molecule has 0 aliphatic rings. The molecule has 0 saturated carbocycles. The van der Waals surface area contributed by atoms with Crippen LogP contribution in [0.5, 0.6) is 0 Å². The van der Waals surface area contributed by atoms with Crippen LogP contribution in [0.4, 0.5) is 0 Å². The minimum Gasteiger partial charge on any atom is -0.360 e. The fourth-order valence-electron chi connectivity index (χ4n) is 1.59. The predicted octanol–water partition coefficient (Wildman–Crippen LogP) is 2.14. The van der Waals surface area contributed by atoms with Crippen molar-refractivity contribution in [1.29, 1.82) is 0 Å². The second kappa shape index (κ2) is 4.67. The van der Waals surface area contributed by atoms with E-state index >= 15 is 0 Å². The lowest BCUT2D eigenvalue weighted by Crippen LogP contribution is -2.32. The summed E-state index contributed by atoms with van der Waals surface area (Å²) in [7, 11) is 0. The molecule has 0 unspecified atom stereocenters. The summed E-state index contributed by atoms with van der Waals surface area (Å²) < 4.78 is 0. The molecule has 0 spiro atoms. The van der Waals surface area contributed by atoms with Crippen molar-refractivity contribution in [1.82, 2.24) is 15.0 Å². The summed E-state index contributed by atoms with van der Waals surface area (Å²) in [6.07, 6.45) is 5.36. The van der Waals surface area contributed by atoms with E-state index in [1.165, 1.54) is 0 Å². The van der Waals surface area contributed by atoms with Crippen LogP contribution in [0.1, 0.15) is 26.1 Å². The zero-order valence-electron chi connectivity index (χ0n) is 10.3. The quantitative estimate of drug-likeness (QED) is 0.845. The topological polar surface area (TPSA) is 67.6 Å². The van der Waals surface area contributed by atoms with Crippen LogP contribution in [0.2, 0.25) is 0 Å². The van der Waals surface area contributed by atoms with Crippen molar-refractivity contribution in [2.24, 2.45) is 5.73 Å². The molecule has 2 aromatic heterocycles. The summed E-state index contributed by atoms with van der Waals surface area (Å²) in [6.45, 7) is 4.03. The second-order valence-corrected chi connectivity index (χ2v) is 4.93. The van der Waals surface area contributed by atoms with Crippen LogP contribution >= 0.6 is 0 Å². The fourth-order valence-corrected chi connectivity index (χ4v) is 1.59. The fraction of sp³-hybridized carbons (Fsp3) is 0.385. The van der Waals surface area contributed by atoms with Gasteiger partial charge in [0.15, 0.2) is 0 Å². The van der Waals surface area contributed by atoms with Gasteiger partial charge in [-0.25, -0.2) is 9.97 Å². The molecule has 4 heteroatoms. The standard InChI is InChI=1S/C13H18N4/c1-13(2,14)7-5-12-16-9-6-11(17-12)10-4-3-8-15-10/h3-4,6,8-9,15H,5,7,14H2,1-2H3. The summed E-state index contributed by atoms with van der Waals surface area (Å²) in [5.74, 6) is 0.843. The Morgan fingerprint density at radius 1 is 1.35 bits per heavy atom. The van der Waals surface area contributed by atoms with Crippen molar-refractivity contribution in [2.45, 2.75) is 32.2 Å². The third kappa shape index (κ3) is 3.39. The molecule has 0 radical (unpaired) electrons. The van der Waals surface area contributed by atoms with E-state index < -0.39 is 0 Å². The monoisotopic (exact) mass is 230 g/mol. The average molecular weight is 230 g/mol. The normalized spacial score (nSPS) is 11.7. The van der Waals surface area contributed by atoms with Crippen molar-refractivity contribution < 1.29 is 0 Å². The molecule has 2 heterocycles. The van der Waals surface area contributed by atoms with Gasteiger partial charge in [0.25, 0.3) is 0 Å². The molecule has 0 aromatic carbocycles. The van der Waals surface area contributed by atoms with Crippen LogP contribution < -0.4 is 5.73 Å². The smallest absolute Gasteiger partial charge is 0.129 e. The van der Waals surface area contributed by atoms with Crippen LogP contribution in [-0.2, 0) is 6.42 Å². The Bertz CT molecular complexity index is 468. The van der Waals surface area contributed by atoms with Crippen LogP contribution in [0, 0.1) is 0 Å². The van der Waals surface area contributed by atoms with E-state index in [0.29, 0.717) is 0 Å². The Kier molecular flexibility index (Phi) is 3.24. The number of nitrogens with zero attached hydrogens (tertiary/aromatic N) is 2. The van der Waals surface area contributed by atoms with E-state index in [4.69, 9.17) is 5.73 Å². The molecule has 4 nitrogen and oxygen atoms in total. The molecule has 17 heavy (non-hydrogen) atoms. The highest BCUT2D eigenvalue weighted by atomic mass is 14.9. The number of nitrogens with two attached hydrogens (primary N) is 1. The third-order valence-corrected chi connectivity index (χ3v) is 2.57. The maximum atomic E-state index is 5.95. The number of hydrogen-bond acceptors (Lipinski definition) is 3. The first-order chi connectivity index (χ1) is 8.04. The summed E-state index contributed by atoms with van der Waals surface area (Å²) in [6, 6.07) is 5.86. The first-order valence-corrected chi connectivity index (χ1v) is 5.79. The second-order valence-electron chi connectivity index (χ2n) is 4.93. The number of hydrogen-bond donors (Lipinski definition) is 2. The lowest BCUT2D eigenvalue weighted by atomic mass is 10.00. The van der Waals surface area contributed by atoms with E-state index in [2.05, 4.69) is 15.0 Å². The summed E-state index contributed by atoms with van der Waals surface area (Å²) in [5.41, 5.74) is 7.72. The SMILES string of the molecule is CC(C)(N)CCc1nccc(-c2ccc[nH]2)n1. The molecule has 0 amide bonds. The Morgan fingerprint density at radius 2 is 2.18 bits per heavy atom. The largest absolute Gasteiger partial charge is 0.360 e. The first kappa shape index (κ1) is 11.8. The number of aryl methyl sites for hydroxylation is 1. The molecule has 90 valence electrons. The lowest BCUT2D eigenvalue weighted by molar-refractivity contribution is 0.471. The zero-order chi connectivity index (χ0) is 12.3. The minimum atomic E-state index is -0.175. The van der Waals surface area contributed by atoms with Crippen molar-refractivity contribution >= 4 is 0 Å². The van der Waals surface area contributed by atoms with E-state index in [1.54, 1.807) is 6.20 Å². The minimum absolute atomic E-state index is 0.175. The number of H-pyrrole nitrogens is 1. The summed E-state index contributed by atoms with van der Waals surface area (Å²) in [5, 5.41) is 0. The van der Waals surface area contributed by atoms with E-state index in [1.807, 2.05) is 38.2 Å². The van der Waals surface area contributed by atoms with Crippen LogP contribution in [0.25, 0.3) is 11.4 Å². The van der Waals surface area contributed by atoms with Gasteiger partial charge in [-0.1, -0.05) is 0 Å². The Morgan fingerprint density at radius 3 is 2.82 bits per heavy atom. The van der Waals surface area contributed by atoms with Crippen LogP contribution in [0.15, 0.2) is 30.6 Å². The average Bonchev–Trinajstić information content (AvgIpc) is 2.79. The number of aromatic nitrogens is 3. The van der Waals surface area contributed by atoms with Crippen molar-refractivity contribution in [2.75, 3.05) is 0 Å². The molecule has 0 fully saturated rings. The van der Waals surface area contributed by atoms with Gasteiger partial charge in [-0.2, -0.15) is 0 Å². The molecular weight excluding hydrogens is 212 g/mol. The van der Waals surface area contributed by atoms with Gasteiger partial charge in [0.1, 0.15) is 5.82 Å². The Hall–Kier alpha value is -1.68. The molecule has 2 aromatic rings. The van der Waals surface area contributed by atoms with Gasteiger partial charge < -0.3 is 10.7 Å². The number of rotatable bonds is 4. The van der Waals surface area contributed by atoms with Gasteiger partial charge in [0, 0.05) is 24.4 Å². The molecule has 2 rings (SSSR count). The maximum Gasteiger partial charge on any atom is 0.129 e. The highest BCUT2D eigenvalue weighted by Gasteiger charge is 2.12. The third-order valence-electron chi connectivity index (χ3n) is 2.57. The summed E-state index contributed by atoms with van der Waals surface area (Å²) in [4.78, 5) is 11.9.